The number of sulfonamides is 1. The van der Waals surface area contributed by atoms with E-state index < -0.39 is 28.4 Å². The van der Waals surface area contributed by atoms with Gasteiger partial charge in [0.1, 0.15) is 0 Å². The lowest BCUT2D eigenvalue weighted by molar-refractivity contribution is -0.121. The number of carbonyl (C=O) groups is 2. The zero-order valence-corrected chi connectivity index (χ0v) is 16.0. The molecule has 0 radical (unpaired) electrons. The number of hydrazine groups is 1. The molecule has 142 valence electrons. The Hall–Kier alpha value is -2.68. The molecular weight excluding hydrogens is 390 g/mol. The van der Waals surface area contributed by atoms with E-state index in [1.807, 2.05) is 6.07 Å². The number of halogens is 1. The maximum atomic E-state index is 12.2. The summed E-state index contributed by atoms with van der Waals surface area (Å²) in [5.41, 5.74) is 5.40. The zero-order valence-electron chi connectivity index (χ0n) is 14.4. The second-order valence-corrected chi connectivity index (χ2v) is 7.89. The summed E-state index contributed by atoms with van der Waals surface area (Å²) in [6.45, 7) is -0.456. The highest BCUT2D eigenvalue weighted by molar-refractivity contribution is 7.92. The molecule has 7 nitrogen and oxygen atoms in total. The number of amides is 2. The summed E-state index contributed by atoms with van der Waals surface area (Å²) in [6, 6.07) is 15.0. The number of likely N-dealkylation sites (N-methyl/N-ethyl adjacent to an activating group) is 1. The Morgan fingerprint density at radius 3 is 2.30 bits per heavy atom. The Balaban J connectivity index is 1.87. The summed E-state index contributed by atoms with van der Waals surface area (Å²) in [7, 11) is -2.52. The largest absolute Gasteiger partial charge is 0.272 e. The van der Waals surface area contributed by atoms with E-state index in [0.717, 1.165) is 9.71 Å². The van der Waals surface area contributed by atoms with E-state index in [4.69, 9.17) is 11.6 Å². The lowest BCUT2D eigenvalue weighted by Crippen LogP contribution is -2.46. The van der Waals surface area contributed by atoms with E-state index in [9.17, 15) is 18.0 Å². The first kappa shape index (κ1) is 20.6. The first-order chi connectivity index (χ1) is 12.8. The van der Waals surface area contributed by atoms with Crippen LogP contribution in [0.15, 0.2) is 60.0 Å². The lowest BCUT2D eigenvalue weighted by Gasteiger charge is -2.14. The predicted molar refractivity (Wildman–Crippen MR) is 104 cm³/mol. The SMILES string of the molecule is CN(CC(=O)NNC(=O)c1ccc(Cl)cc1)S(=O)(=O)/C=C/c1ccccc1. The molecule has 0 aliphatic heterocycles. The Labute approximate surface area is 162 Å². The highest BCUT2D eigenvalue weighted by Crippen LogP contribution is 2.09. The van der Waals surface area contributed by atoms with Gasteiger partial charge >= 0.3 is 0 Å². The third-order valence-corrected chi connectivity index (χ3v) is 5.18. The molecule has 0 aliphatic carbocycles. The van der Waals surface area contributed by atoms with Crippen LogP contribution in [-0.2, 0) is 14.8 Å². The fourth-order valence-corrected chi connectivity index (χ4v) is 2.92. The quantitative estimate of drug-likeness (QED) is 0.716. The summed E-state index contributed by atoms with van der Waals surface area (Å²) in [6.07, 6.45) is 1.44. The van der Waals surface area contributed by atoms with Gasteiger partial charge in [-0.3, -0.25) is 20.4 Å². The van der Waals surface area contributed by atoms with Gasteiger partial charge in [-0.15, -0.1) is 0 Å². The Bertz CT molecular complexity index is 929. The molecule has 0 atom stereocenters. The average molecular weight is 408 g/mol. The van der Waals surface area contributed by atoms with Crippen molar-refractivity contribution in [1.82, 2.24) is 15.2 Å². The Kier molecular flexibility index (Phi) is 7.12. The van der Waals surface area contributed by atoms with Crippen LogP contribution in [0.2, 0.25) is 5.02 Å². The summed E-state index contributed by atoms with van der Waals surface area (Å²) in [5.74, 6) is -1.23. The van der Waals surface area contributed by atoms with Crippen LogP contribution in [0, 0.1) is 0 Å². The van der Waals surface area contributed by atoms with Crippen molar-refractivity contribution in [3.63, 3.8) is 0 Å². The molecule has 0 aromatic heterocycles. The van der Waals surface area contributed by atoms with Crippen LogP contribution < -0.4 is 10.9 Å². The topological polar surface area (TPSA) is 95.6 Å². The minimum absolute atomic E-state index is 0.298. The fourth-order valence-electron chi connectivity index (χ4n) is 1.96. The van der Waals surface area contributed by atoms with Crippen molar-refractivity contribution < 1.29 is 18.0 Å². The average Bonchev–Trinajstić information content (AvgIpc) is 2.66. The van der Waals surface area contributed by atoms with Gasteiger partial charge in [0.05, 0.1) is 6.54 Å². The van der Waals surface area contributed by atoms with Crippen LogP contribution in [0.3, 0.4) is 0 Å². The van der Waals surface area contributed by atoms with Gasteiger partial charge in [-0.05, 0) is 35.9 Å². The third-order valence-electron chi connectivity index (χ3n) is 3.45. The summed E-state index contributed by atoms with van der Waals surface area (Å²) < 4.78 is 25.3. The van der Waals surface area contributed by atoms with E-state index in [1.165, 1.54) is 37.4 Å². The molecule has 27 heavy (non-hydrogen) atoms. The predicted octanol–water partition coefficient (Wildman–Crippen LogP) is 2.03. The van der Waals surface area contributed by atoms with Gasteiger partial charge in [0.15, 0.2) is 0 Å². The monoisotopic (exact) mass is 407 g/mol. The normalized spacial score (nSPS) is 11.5. The van der Waals surface area contributed by atoms with Crippen molar-refractivity contribution in [2.75, 3.05) is 13.6 Å². The number of benzene rings is 2. The molecule has 2 N–H and O–H groups in total. The van der Waals surface area contributed by atoms with Gasteiger partial charge in [0.2, 0.25) is 10.0 Å². The highest BCUT2D eigenvalue weighted by Gasteiger charge is 2.18. The van der Waals surface area contributed by atoms with Crippen LogP contribution in [0.25, 0.3) is 6.08 Å². The number of rotatable bonds is 6. The van der Waals surface area contributed by atoms with Crippen molar-refractivity contribution in [3.8, 4) is 0 Å². The highest BCUT2D eigenvalue weighted by atomic mass is 35.5. The van der Waals surface area contributed by atoms with Crippen LogP contribution in [0.4, 0.5) is 0 Å². The Morgan fingerprint density at radius 2 is 1.67 bits per heavy atom. The van der Waals surface area contributed by atoms with Crippen LogP contribution in [0.1, 0.15) is 15.9 Å². The second kappa shape index (κ2) is 9.31. The van der Waals surface area contributed by atoms with E-state index >= 15 is 0 Å². The van der Waals surface area contributed by atoms with Gasteiger partial charge in [0, 0.05) is 23.0 Å². The van der Waals surface area contributed by atoms with E-state index in [-0.39, 0.29) is 0 Å². The molecule has 9 heteroatoms. The van der Waals surface area contributed by atoms with Crippen molar-refractivity contribution in [2.24, 2.45) is 0 Å². The molecule has 0 saturated carbocycles. The van der Waals surface area contributed by atoms with E-state index in [0.29, 0.717) is 16.1 Å². The molecule has 0 fully saturated rings. The number of nitrogens with zero attached hydrogens (tertiary/aromatic N) is 1. The van der Waals surface area contributed by atoms with Crippen molar-refractivity contribution >= 4 is 39.5 Å². The molecule has 0 heterocycles. The molecule has 0 saturated heterocycles. The fraction of sp³-hybridized carbons (Fsp3) is 0.111. The molecule has 0 aliphatic rings. The molecule has 0 spiro atoms. The summed E-state index contributed by atoms with van der Waals surface area (Å²) >= 11 is 5.74. The van der Waals surface area contributed by atoms with Crippen LogP contribution >= 0.6 is 11.6 Å². The number of hydrogen-bond acceptors (Lipinski definition) is 4. The number of hydrogen-bond donors (Lipinski definition) is 2. The smallest absolute Gasteiger partial charge is 0.269 e. The first-order valence-electron chi connectivity index (χ1n) is 7.82. The number of carbonyl (C=O) groups excluding carboxylic acids is 2. The third kappa shape index (κ3) is 6.52. The van der Waals surface area contributed by atoms with Gasteiger partial charge in [0.25, 0.3) is 11.8 Å². The first-order valence-corrected chi connectivity index (χ1v) is 9.70. The van der Waals surface area contributed by atoms with Crippen molar-refractivity contribution in [1.29, 1.82) is 0 Å². The molecule has 2 aromatic carbocycles. The molecule has 2 rings (SSSR count). The van der Waals surface area contributed by atoms with Gasteiger partial charge in [-0.2, -0.15) is 4.31 Å². The van der Waals surface area contributed by atoms with Gasteiger partial charge in [-0.1, -0.05) is 41.9 Å². The minimum atomic E-state index is -3.78. The molecule has 2 amide bonds. The lowest BCUT2D eigenvalue weighted by atomic mass is 10.2. The van der Waals surface area contributed by atoms with Crippen LogP contribution in [0.5, 0.6) is 0 Å². The van der Waals surface area contributed by atoms with Crippen molar-refractivity contribution in [3.05, 3.63) is 76.2 Å². The van der Waals surface area contributed by atoms with Gasteiger partial charge < -0.3 is 0 Å². The second-order valence-electron chi connectivity index (χ2n) is 5.52. The molecular formula is C18H18ClN3O4S. The van der Waals surface area contributed by atoms with Gasteiger partial charge in [-0.25, -0.2) is 8.42 Å². The number of nitrogens with one attached hydrogen (secondary N) is 2. The minimum Gasteiger partial charge on any atom is -0.272 e. The standard InChI is InChI=1S/C18H18ClN3O4S/c1-22(27(25,26)12-11-14-5-3-2-4-6-14)13-17(23)20-21-18(24)15-7-9-16(19)10-8-15/h2-12H,13H2,1H3,(H,20,23)(H,21,24)/b12-11+. The molecule has 0 bridgehead atoms. The summed E-state index contributed by atoms with van der Waals surface area (Å²) in [5, 5.41) is 1.49. The maximum Gasteiger partial charge on any atom is 0.269 e. The Morgan fingerprint density at radius 1 is 1.04 bits per heavy atom. The summed E-state index contributed by atoms with van der Waals surface area (Å²) in [4.78, 5) is 23.8. The van der Waals surface area contributed by atoms with E-state index in [1.54, 1.807) is 24.3 Å². The molecule has 2 aromatic rings. The van der Waals surface area contributed by atoms with Crippen LogP contribution in [-0.4, -0.2) is 38.1 Å². The maximum absolute atomic E-state index is 12.2. The van der Waals surface area contributed by atoms with Crippen molar-refractivity contribution in [2.45, 2.75) is 0 Å². The molecule has 0 unspecified atom stereocenters. The van der Waals surface area contributed by atoms with E-state index in [2.05, 4.69) is 10.9 Å². The zero-order chi connectivity index (χ0) is 19.9.